The van der Waals surface area contributed by atoms with Crippen LogP contribution >= 0.6 is 11.6 Å². The molecule has 0 saturated heterocycles. The molecule has 17 heavy (non-hydrogen) atoms. The minimum atomic E-state index is 0.658. The molecule has 0 aliphatic heterocycles. The van der Waals surface area contributed by atoms with Crippen molar-refractivity contribution in [2.45, 2.75) is 0 Å². The lowest BCUT2D eigenvalue weighted by molar-refractivity contribution is 0.774. The summed E-state index contributed by atoms with van der Waals surface area (Å²) in [4.78, 5) is 3.30. The van der Waals surface area contributed by atoms with Gasteiger partial charge < -0.3 is 10.7 Å². The Morgan fingerprint density at radius 2 is 2.18 bits per heavy atom. The summed E-state index contributed by atoms with van der Waals surface area (Å²) in [5, 5.41) is 5.94. The largest absolute Gasteiger partial charge is 0.396 e. The van der Waals surface area contributed by atoms with Gasteiger partial charge in [-0.2, -0.15) is 5.10 Å². The van der Waals surface area contributed by atoms with Gasteiger partial charge in [-0.15, -0.1) is 0 Å². The van der Waals surface area contributed by atoms with E-state index < -0.39 is 0 Å². The van der Waals surface area contributed by atoms with E-state index in [1.807, 2.05) is 31.3 Å². The van der Waals surface area contributed by atoms with Crippen LogP contribution in [0.3, 0.4) is 0 Å². The summed E-state index contributed by atoms with van der Waals surface area (Å²) in [6.45, 7) is 0. The molecule has 0 spiro atoms. The number of fused-ring (bicyclic) bond motifs is 1. The molecule has 0 saturated carbocycles. The van der Waals surface area contributed by atoms with Crippen molar-refractivity contribution in [2.24, 2.45) is 7.05 Å². The van der Waals surface area contributed by atoms with Crippen molar-refractivity contribution in [3.63, 3.8) is 0 Å². The van der Waals surface area contributed by atoms with Gasteiger partial charge in [0.2, 0.25) is 0 Å². The Balaban J connectivity index is 2.25. The SMILES string of the molecule is Cn1ncc(N)c1-c1cc2ccc(Cl)cc2[nH]1. The second-order valence-electron chi connectivity index (χ2n) is 3.99. The Morgan fingerprint density at radius 3 is 2.88 bits per heavy atom. The van der Waals surface area contributed by atoms with Gasteiger partial charge >= 0.3 is 0 Å². The number of nitrogens with one attached hydrogen (secondary N) is 1. The van der Waals surface area contributed by atoms with Crippen LogP contribution in [0.2, 0.25) is 5.02 Å². The molecule has 4 nitrogen and oxygen atoms in total. The average Bonchev–Trinajstić information content (AvgIpc) is 2.81. The summed E-state index contributed by atoms with van der Waals surface area (Å²) in [5.41, 5.74) is 9.38. The number of anilines is 1. The monoisotopic (exact) mass is 246 g/mol. The number of nitrogen functional groups attached to an aromatic ring is 1. The summed E-state index contributed by atoms with van der Waals surface area (Å²) >= 11 is 5.95. The van der Waals surface area contributed by atoms with Gasteiger partial charge in [0.15, 0.2) is 0 Å². The molecule has 3 rings (SSSR count). The number of benzene rings is 1. The summed E-state index contributed by atoms with van der Waals surface area (Å²) < 4.78 is 1.75. The normalized spacial score (nSPS) is 11.2. The molecule has 0 amide bonds. The second-order valence-corrected chi connectivity index (χ2v) is 4.42. The molecular formula is C12H11ClN4. The topological polar surface area (TPSA) is 59.6 Å². The van der Waals surface area contributed by atoms with E-state index >= 15 is 0 Å². The Labute approximate surface area is 103 Å². The summed E-state index contributed by atoms with van der Waals surface area (Å²) in [6.07, 6.45) is 1.65. The maximum atomic E-state index is 5.95. The van der Waals surface area contributed by atoms with Crippen LogP contribution in [-0.4, -0.2) is 14.8 Å². The fourth-order valence-electron chi connectivity index (χ4n) is 2.01. The molecule has 0 aliphatic rings. The Hall–Kier alpha value is -1.94. The van der Waals surface area contributed by atoms with E-state index in [2.05, 4.69) is 10.1 Å². The van der Waals surface area contributed by atoms with E-state index in [1.54, 1.807) is 10.9 Å². The van der Waals surface area contributed by atoms with E-state index in [0.717, 1.165) is 22.3 Å². The van der Waals surface area contributed by atoms with Gasteiger partial charge in [0.25, 0.3) is 0 Å². The van der Waals surface area contributed by atoms with E-state index in [0.29, 0.717) is 10.7 Å². The first-order chi connectivity index (χ1) is 8.15. The van der Waals surface area contributed by atoms with Crippen LogP contribution in [0.4, 0.5) is 5.69 Å². The lowest BCUT2D eigenvalue weighted by Gasteiger charge is -1.99. The highest BCUT2D eigenvalue weighted by atomic mass is 35.5. The van der Waals surface area contributed by atoms with Crippen molar-refractivity contribution < 1.29 is 0 Å². The number of hydrogen-bond acceptors (Lipinski definition) is 2. The fraction of sp³-hybridized carbons (Fsp3) is 0.0833. The Morgan fingerprint density at radius 1 is 1.35 bits per heavy atom. The molecular weight excluding hydrogens is 236 g/mol. The van der Waals surface area contributed by atoms with Crippen LogP contribution in [0.1, 0.15) is 0 Å². The fourth-order valence-corrected chi connectivity index (χ4v) is 2.18. The number of aromatic nitrogens is 3. The van der Waals surface area contributed by atoms with Crippen molar-refractivity contribution in [2.75, 3.05) is 5.73 Å². The van der Waals surface area contributed by atoms with Crippen molar-refractivity contribution in [3.05, 3.63) is 35.5 Å². The number of nitrogens with two attached hydrogens (primary N) is 1. The van der Waals surface area contributed by atoms with Crippen LogP contribution in [0.5, 0.6) is 0 Å². The third kappa shape index (κ3) is 1.57. The molecule has 0 fully saturated rings. The predicted molar refractivity (Wildman–Crippen MR) is 69.9 cm³/mol. The molecule has 1 aromatic carbocycles. The van der Waals surface area contributed by atoms with Crippen molar-refractivity contribution >= 4 is 28.2 Å². The minimum absolute atomic E-state index is 0.658. The molecule has 5 heteroatoms. The maximum Gasteiger partial charge on any atom is 0.107 e. The van der Waals surface area contributed by atoms with Crippen LogP contribution < -0.4 is 5.73 Å². The van der Waals surface area contributed by atoms with Gasteiger partial charge in [0.05, 0.1) is 17.6 Å². The number of aromatic amines is 1. The predicted octanol–water partition coefficient (Wildman–Crippen LogP) is 2.80. The molecule has 0 atom stereocenters. The molecule has 2 heterocycles. The maximum absolute atomic E-state index is 5.95. The van der Waals surface area contributed by atoms with Gasteiger partial charge in [-0.3, -0.25) is 4.68 Å². The number of halogens is 1. The third-order valence-corrected chi connectivity index (χ3v) is 3.04. The van der Waals surface area contributed by atoms with Gasteiger partial charge in [-0.25, -0.2) is 0 Å². The molecule has 3 N–H and O–H groups in total. The number of H-pyrrole nitrogens is 1. The second kappa shape index (κ2) is 3.53. The number of nitrogens with zero attached hydrogens (tertiary/aromatic N) is 2. The first-order valence-corrected chi connectivity index (χ1v) is 5.59. The standard InChI is InChI=1S/C12H11ClN4/c1-17-12(9(14)6-15-17)11-4-7-2-3-8(13)5-10(7)16-11/h2-6,16H,14H2,1H3. The molecule has 2 aromatic heterocycles. The van der Waals surface area contributed by atoms with Crippen molar-refractivity contribution in [3.8, 4) is 11.4 Å². The van der Waals surface area contributed by atoms with E-state index in [1.165, 1.54) is 0 Å². The molecule has 0 aliphatic carbocycles. The zero-order valence-corrected chi connectivity index (χ0v) is 9.99. The zero-order valence-electron chi connectivity index (χ0n) is 9.24. The highest BCUT2D eigenvalue weighted by molar-refractivity contribution is 6.31. The van der Waals surface area contributed by atoms with E-state index in [9.17, 15) is 0 Å². The first-order valence-electron chi connectivity index (χ1n) is 5.21. The van der Waals surface area contributed by atoms with Crippen LogP contribution in [0.15, 0.2) is 30.5 Å². The molecule has 86 valence electrons. The Kier molecular flexibility index (Phi) is 2.12. The third-order valence-electron chi connectivity index (χ3n) is 2.81. The van der Waals surface area contributed by atoms with Crippen LogP contribution in [0.25, 0.3) is 22.3 Å². The van der Waals surface area contributed by atoms with Gasteiger partial charge in [-0.1, -0.05) is 17.7 Å². The zero-order chi connectivity index (χ0) is 12.0. The van der Waals surface area contributed by atoms with Crippen LogP contribution in [0, 0.1) is 0 Å². The highest BCUT2D eigenvalue weighted by Gasteiger charge is 2.11. The van der Waals surface area contributed by atoms with E-state index in [4.69, 9.17) is 17.3 Å². The van der Waals surface area contributed by atoms with Crippen molar-refractivity contribution in [1.82, 2.24) is 14.8 Å². The number of rotatable bonds is 1. The minimum Gasteiger partial charge on any atom is -0.396 e. The number of aryl methyl sites for hydroxylation is 1. The molecule has 0 unspecified atom stereocenters. The smallest absolute Gasteiger partial charge is 0.107 e. The summed E-state index contributed by atoms with van der Waals surface area (Å²) in [7, 11) is 1.87. The van der Waals surface area contributed by atoms with Crippen LogP contribution in [-0.2, 0) is 7.05 Å². The first kappa shape index (κ1) is 10.2. The van der Waals surface area contributed by atoms with Gasteiger partial charge in [-0.05, 0) is 18.2 Å². The quantitative estimate of drug-likeness (QED) is 0.694. The lowest BCUT2D eigenvalue weighted by atomic mass is 10.2. The van der Waals surface area contributed by atoms with Crippen molar-refractivity contribution in [1.29, 1.82) is 0 Å². The Bertz CT molecular complexity index is 676. The molecule has 3 aromatic rings. The summed E-state index contributed by atoms with van der Waals surface area (Å²) in [5.74, 6) is 0. The lowest BCUT2D eigenvalue weighted by Crippen LogP contribution is -1.95. The average molecular weight is 247 g/mol. The van der Waals surface area contributed by atoms with E-state index in [-0.39, 0.29) is 0 Å². The molecule has 0 bridgehead atoms. The van der Waals surface area contributed by atoms with Gasteiger partial charge in [0.1, 0.15) is 5.69 Å². The highest BCUT2D eigenvalue weighted by Crippen LogP contribution is 2.28. The number of hydrogen-bond donors (Lipinski definition) is 2. The van der Waals surface area contributed by atoms with Gasteiger partial charge in [0, 0.05) is 23.0 Å². The summed E-state index contributed by atoms with van der Waals surface area (Å²) in [6, 6.07) is 7.78. The molecule has 0 radical (unpaired) electrons.